The zero-order valence-electron chi connectivity index (χ0n) is 12.2. The molecule has 0 N–H and O–H groups in total. The number of carbonyl (C=O) groups excluding carboxylic acids is 1. The van der Waals surface area contributed by atoms with Crippen molar-refractivity contribution in [2.24, 2.45) is 0 Å². The van der Waals surface area contributed by atoms with E-state index in [1.807, 2.05) is 25.5 Å². The molecule has 5 heteroatoms. The van der Waals surface area contributed by atoms with E-state index in [1.165, 1.54) is 6.08 Å². The van der Waals surface area contributed by atoms with Gasteiger partial charge in [-0.25, -0.2) is 0 Å². The van der Waals surface area contributed by atoms with Crippen molar-refractivity contribution in [3.8, 4) is 0 Å². The van der Waals surface area contributed by atoms with Crippen molar-refractivity contribution in [1.29, 1.82) is 0 Å². The lowest BCUT2D eigenvalue weighted by Crippen LogP contribution is -1.98. The zero-order chi connectivity index (χ0) is 15.6. The molecule has 0 radical (unpaired) electrons. The van der Waals surface area contributed by atoms with E-state index < -0.39 is 0 Å². The van der Waals surface area contributed by atoms with Crippen LogP contribution in [0, 0.1) is 13.8 Å². The molecule has 0 aliphatic heterocycles. The van der Waals surface area contributed by atoms with Gasteiger partial charge in [-0.05, 0) is 51.1 Å². The second-order valence-electron chi connectivity index (χ2n) is 4.73. The first-order valence-corrected chi connectivity index (χ1v) is 7.41. The molecular formula is C16H16Cl2N2O. The van der Waals surface area contributed by atoms with Gasteiger partial charge in [-0.2, -0.15) is 5.10 Å². The maximum absolute atomic E-state index is 12.2. The van der Waals surface area contributed by atoms with Crippen LogP contribution in [-0.2, 0) is 6.54 Å². The summed E-state index contributed by atoms with van der Waals surface area (Å²) in [6.07, 6.45) is 3.34. The van der Waals surface area contributed by atoms with Gasteiger partial charge in [-0.15, -0.1) is 0 Å². The summed E-state index contributed by atoms with van der Waals surface area (Å²) < 4.78 is 1.92. The molecule has 0 saturated heterocycles. The Balaban J connectivity index is 2.26. The summed E-state index contributed by atoms with van der Waals surface area (Å²) in [6.45, 7) is 6.77. The Kier molecular flexibility index (Phi) is 4.86. The van der Waals surface area contributed by atoms with Crippen molar-refractivity contribution in [2.75, 3.05) is 0 Å². The number of nitrogens with zero attached hydrogens (tertiary/aromatic N) is 2. The Morgan fingerprint density at radius 1 is 1.29 bits per heavy atom. The molecule has 2 rings (SSSR count). The molecule has 0 saturated carbocycles. The lowest BCUT2D eigenvalue weighted by molar-refractivity contribution is 0.104. The monoisotopic (exact) mass is 322 g/mol. The van der Waals surface area contributed by atoms with E-state index in [-0.39, 0.29) is 5.78 Å². The fraction of sp³-hybridized carbons (Fsp3) is 0.250. The average molecular weight is 323 g/mol. The smallest absolute Gasteiger partial charge is 0.185 e. The summed E-state index contributed by atoms with van der Waals surface area (Å²) in [5.41, 5.74) is 3.45. The van der Waals surface area contributed by atoms with Crippen LogP contribution in [0.25, 0.3) is 6.08 Å². The Bertz CT molecular complexity index is 717. The van der Waals surface area contributed by atoms with E-state index in [2.05, 4.69) is 5.10 Å². The maximum atomic E-state index is 12.2. The SMILES string of the molecule is CCn1nc(C)c(/C=C/C(=O)c2ccc(Cl)c(Cl)c2)c1C. The van der Waals surface area contributed by atoms with Crippen molar-refractivity contribution in [3.05, 3.63) is 56.8 Å². The second-order valence-corrected chi connectivity index (χ2v) is 5.54. The topological polar surface area (TPSA) is 34.9 Å². The van der Waals surface area contributed by atoms with Gasteiger partial charge in [0.25, 0.3) is 0 Å². The first-order valence-electron chi connectivity index (χ1n) is 6.65. The van der Waals surface area contributed by atoms with Crippen molar-refractivity contribution in [3.63, 3.8) is 0 Å². The van der Waals surface area contributed by atoms with E-state index in [9.17, 15) is 4.79 Å². The number of halogens is 2. The third kappa shape index (κ3) is 3.36. The molecule has 21 heavy (non-hydrogen) atoms. The van der Waals surface area contributed by atoms with Crippen LogP contribution < -0.4 is 0 Å². The minimum atomic E-state index is -0.114. The van der Waals surface area contributed by atoms with E-state index in [0.717, 1.165) is 23.5 Å². The van der Waals surface area contributed by atoms with Gasteiger partial charge >= 0.3 is 0 Å². The summed E-state index contributed by atoms with van der Waals surface area (Å²) >= 11 is 11.8. The maximum Gasteiger partial charge on any atom is 0.185 e. The Morgan fingerprint density at radius 3 is 2.57 bits per heavy atom. The molecule has 2 aromatic rings. The number of ketones is 1. The number of aryl methyl sites for hydroxylation is 2. The minimum Gasteiger partial charge on any atom is -0.289 e. The highest BCUT2D eigenvalue weighted by Crippen LogP contribution is 2.23. The van der Waals surface area contributed by atoms with Crippen LogP contribution in [0.1, 0.15) is 34.2 Å². The van der Waals surface area contributed by atoms with Gasteiger partial charge in [0, 0.05) is 23.4 Å². The average Bonchev–Trinajstić information content (AvgIpc) is 2.73. The molecule has 0 amide bonds. The van der Waals surface area contributed by atoms with Crippen molar-refractivity contribution >= 4 is 35.1 Å². The van der Waals surface area contributed by atoms with Gasteiger partial charge < -0.3 is 0 Å². The molecule has 0 unspecified atom stereocenters. The van der Waals surface area contributed by atoms with E-state index >= 15 is 0 Å². The standard InChI is InChI=1S/C16H16Cl2N2O/c1-4-20-11(3)13(10(2)19-20)6-8-16(21)12-5-7-14(17)15(18)9-12/h5-9H,4H2,1-3H3/b8-6+. The summed E-state index contributed by atoms with van der Waals surface area (Å²) in [6, 6.07) is 4.86. The summed E-state index contributed by atoms with van der Waals surface area (Å²) in [5, 5.41) is 5.24. The van der Waals surface area contributed by atoms with Crippen LogP contribution in [0.3, 0.4) is 0 Å². The lowest BCUT2D eigenvalue weighted by atomic mass is 10.1. The van der Waals surface area contributed by atoms with Gasteiger partial charge in [0.2, 0.25) is 0 Å². The molecule has 1 aromatic heterocycles. The van der Waals surface area contributed by atoms with Crippen molar-refractivity contribution < 1.29 is 4.79 Å². The Hall–Kier alpha value is -1.58. The highest BCUT2D eigenvalue weighted by molar-refractivity contribution is 6.42. The number of aromatic nitrogens is 2. The minimum absolute atomic E-state index is 0.114. The summed E-state index contributed by atoms with van der Waals surface area (Å²) in [7, 11) is 0. The third-order valence-corrected chi connectivity index (χ3v) is 4.08. The van der Waals surface area contributed by atoms with E-state index in [4.69, 9.17) is 23.2 Å². The predicted octanol–water partition coefficient (Wildman–Crippen LogP) is 4.72. The molecule has 1 heterocycles. The van der Waals surface area contributed by atoms with Gasteiger partial charge in [0.05, 0.1) is 15.7 Å². The molecule has 0 atom stereocenters. The predicted molar refractivity (Wildman–Crippen MR) is 87.2 cm³/mol. The molecule has 3 nitrogen and oxygen atoms in total. The molecular weight excluding hydrogens is 307 g/mol. The zero-order valence-corrected chi connectivity index (χ0v) is 13.7. The number of hydrogen-bond donors (Lipinski definition) is 0. The fourth-order valence-corrected chi connectivity index (χ4v) is 2.46. The first kappa shape index (κ1) is 15.8. The number of carbonyl (C=O) groups is 1. The van der Waals surface area contributed by atoms with Crippen LogP contribution in [0.15, 0.2) is 24.3 Å². The lowest BCUT2D eigenvalue weighted by Gasteiger charge is -2.00. The molecule has 110 valence electrons. The van der Waals surface area contributed by atoms with E-state index in [0.29, 0.717) is 15.6 Å². The summed E-state index contributed by atoms with van der Waals surface area (Å²) in [4.78, 5) is 12.2. The number of allylic oxidation sites excluding steroid dienone is 1. The molecule has 0 spiro atoms. The molecule has 0 aliphatic rings. The molecule has 1 aromatic carbocycles. The highest BCUT2D eigenvalue weighted by atomic mass is 35.5. The van der Waals surface area contributed by atoms with Crippen molar-refractivity contribution in [2.45, 2.75) is 27.3 Å². The summed E-state index contributed by atoms with van der Waals surface area (Å²) in [5.74, 6) is -0.114. The Morgan fingerprint density at radius 2 is 2.00 bits per heavy atom. The second kappa shape index (κ2) is 6.46. The normalized spacial score (nSPS) is 11.3. The van der Waals surface area contributed by atoms with Crippen LogP contribution in [-0.4, -0.2) is 15.6 Å². The van der Waals surface area contributed by atoms with Crippen LogP contribution in [0.5, 0.6) is 0 Å². The number of hydrogen-bond acceptors (Lipinski definition) is 2. The van der Waals surface area contributed by atoms with Gasteiger partial charge in [0.1, 0.15) is 0 Å². The van der Waals surface area contributed by atoms with Gasteiger partial charge in [0.15, 0.2) is 5.78 Å². The van der Waals surface area contributed by atoms with Crippen LogP contribution in [0.4, 0.5) is 0 Å². The van der Waals surface area contributed by atoms with Gasteiger partial charge in [-0.1, -0.05) is 23.2 Å². The third-order valence-electron chi connectivity index (χ3n) is 3.34. The number of rotatable bonds is 4. The number of benzene rings is 1. The largest absolute Gasteiger partial charge is 0.289 e. The van der Waals surface area contributed by atoms with Crippen LogP contribution in [0.2, 0.25) is 10.0 Å². The van der Waals surface area contributed by atoms with Gasteiger partial charge in [-0.3, -0.25) is 9.48 Å². The molecule has 0 aliphatic carbocycles. The quantitative estimate of drug-likeness (QED) is 0.602. The fourth-order valence-electron chi connectivity index (χ4n) is 2.16. The van der Waals surface area contributed by atoms with Crippen molar-refractivity contribution in [1.82, 2.24) is 9.78 Å². The Labute approximate surface area is 134 Å². The van der Waals surface area contributed by atoms with E-state index in [1.54, 1.807) is 24.3 Å². The molecule has 0 bridgehead atoms. The van der Waals surface area contributed by atoms with Crippen LogP contribution >= 0.6 is 23.2 Å². The highest BCUT2D eigenvalue weighted by Gasteiger charge is 2.09. The molecule has 0 fully saturated rings. The first-order chi connectivity index (χ1) is 9.93.